The van der Waals surface area contributed by atoms with E-state index >= 15 is 0 Å². The molecule has 3 rings (SSSR count). The Balaban J connectivity index is 1.61. The molecule has 9 heteroatoms. The number of amides is 2. The van der Waals surface area contributed by atoms with Crippen molar-refractivity contribution in [2.75, 3.05) is 16.5 Å². The summed E-state index contributed by atoms with van der Waals surface area (Å²) in [6.07, 6.45) is 0.101. The standard InChI is InChI=1S/C25H21ClF2N2O4/c26-12-11-18(24(32)33)13-23(31)17-3-1-15(2-4-17)16-5-8-20(9-6-16)29-25(34)30-22-10-7-19(27)14-21(22)28/h1-10,14,18H,11-13H2,(H,32,33)(H2,29,30,34). The minimum absolute atomic E-state index is 0.119. The molecule has 0 bridgehead atoms. The average Bonchev–Trinajstić information content (AvgIpc) is 2.81. The highest BCUT2D eigenvalue weighted by molar-refractivity contribution is 6.18. The molecule has 3 N–H and O–H groups in total. The first-order valence-electron chi connectivity index (χ1n) is 10.3. The van der Waals surface area contributed by atoms with Crippen molar-refractivity contribution in [3.05, 3.63) is 83.9 Å². The number of carbonyl (C=O) groups is 3. The highest BCUT2D eigenvalue weighted by Crippen LogP contribution is 2.24. The predicted octanol–water partition coefficient (Wildman–Crippen LogP) is 6.18. The first kappa shape index (κ1) is 24.9. The lowest BCUT2D eigenvalue weighted by Gasteiger charge is -2.11. The van der Waals surface area contributed by atoms with Gasteiger partial charge in [0.1, 0.15) is 11.6 Å². The molecular formula is C25H21ClF2N2O4. The monoisotopic (exact) mass is 486 g/mol. The van der Waals surface area contributed by atoms with Crippen molar-refractivity contribution in [2.24, 2.45) is 5.92 Å². The lowest BCUT2D eigenvalue weighted by atomic mass is 9.95. The van der Waals surface area contributed by atoms with Gasteiger partial charge < -0.3 is 15.7 Å². The van der Waals surface area contributed by atoms with Crippen molar-refractivity contribution >= 4 is 40.8 Å². The molecule has 2 amide bonds. The van der Waals surface area contributed by atoms with Crippen LogP contribution >= 0.6 is 11.6 Å². The minimum atomic E-state index is -1.05. The number of halogens is 3. The van der Waals surface area contributed by atoms with Crippen LogP contribution in [0.2, 0.25) is 0 Å². The Morgan fingerprint density at radius 1 is 0.882 bits per heavy atom. The van der Waals surface area contributed by atoms with Crippen LogP contribution in [0.15, 0.2) is 66.7 Å². The Hall–Kier alpha value is -3.78. The van der Waals surface area contributed by atoms with Gasteiger partial charge in [-0.3, -0.25) is 9.59 Å². The second kappa shape index (κ2) is 11.4. The van der Waals surface area contributed by atoms with Gasteiger partial charge in [0.15, 0.2) is 5.78 Å². The van der Waals surface area contributed by atoms with E-state index < -0.39 is 29.6 Å². The van der Waals surface area contributed by atoms with Gasteiger partial charge in [-0.15, -0.1) is 11.6 Å². The number of anilines is 2. The maximum absolute atomic E-state index is 13.7. The van der Waals surface area contributed by atoms with Crippen LogP contribution in [0.5, 0.6) is 0 Å². The highest BCUT2D eigenvalue weighted by atomic mass is 35.5. The van der Waals surface area contributed by atoms with Crippen molar-refractivity contribution in [2.45, 2.75) is 12.8 Å². The summed E-state index contributed by atoms with van der Waals surface area (Å²) < 4.78 is 26.6. The van der Waals surface area contributed by atoms with Crippen LogP contribution in [0.3, 0.4) is 0 Å². The summed E-state index contributed by atoms with van der Waals surface area (Å²) in [6.45, 7) is 0. The lowest BCUT2D eigenvalue weighted by molar-refractivity contribution is -0.141. The van der Waals surface area contributed by atoms with E-state index in [0.29, 0.717) is 17.3 Å². The SMILES string of the molecule is O=C(Nc1ccc(-c2ccc(C(=O)CC(CCCl)C(=O)O)cc2)cc1)Nc1ccc(F)cc1F. The smallest absolute Gasteiger partial charge is 0.323 e. The number of nitrogens with one attached hydrogen (secondary N) is 2. The minimum Gasteiger partial charge on any atom is -0.481 e. The number of carboxylic acids is 1. The summed E-state index contributed by atoms with van der Waals surface area (Å²) in [5.41, 5.74) is 2.35. The van der Waals surface area contributed by atoms with Crippen LogP contribution in [0, 0.1) is 17.6 Å². The van der Waals surface area contributed by atoms with Gasteiger partial charge in [-0.25, -0.2) is 13.6 Å². The largest absolute Gasteiger partial charge is 0.481 e. The maximum Gasteiger partial charge on any atom is 0.323 e. The number of urea groups is 1. The first-order valence-corrected chi connectivity index (χ1v) is 10.9. The summed E-state index contributed by atoms with van der Waals surface area (Å²) in [4.78, 5) is 35.7. The molecule has 0 fully saturated rings. The van der Waals surface area contributed by atoms with Gasteiger partial charge in [0.2, 0.25) is 0 Å². The Bertz CT molecular complexity index is 1180. The second-order valence-corrected chi connectivity index (χ2v) is 7.88. The molecule has 0 aliphatic carbocycles. The second-order valence-electron chi connectivity index (χ2n) is 7.50. The van der Waals surface area contributed by atoms with E-state index in [9.17, 15) is 28.3 Å². The van der Waals surface area contributed by atoms with E-state index in [1.54, 1.807) is 48.5 Å². The van der Waals surface area contributed by atoms with Gasteiger partial charge >= 0.3 is 12.0 Å². The average molecular weight is 487 g/mol. The fraction of sp³-hybridized carbons (Fsp3) is 0.160. The Morgan fingerprint density at radius 3 is 2.06 bits per heavy atom. The zero-order chi connectivity index (χ0) is 24.7. The zero-order valence-corrected chi connectivity index (χ0v) is 18.6. The topological polar surface area (TPSA) is 95.5 Å². The molecule has 0 heterocycles. The summed E-state index contributed by atoms with van der Waals surface area (Å²) in [5.74, 6) is -3.60. The fourth-order valence-corrected chi connectivity index (χ4v) is 3.52. The van der Waals surface area contributed by atoms with Crippen LogP contribution in [0.1, 0.15) is 23.2 Å². The van der Waals surface area contributed by atoms with Crippen LogP contribution in [-0.2, 0) is 4.79 Å². The van der Waals surface area contributed by atoms with E-state index in [1.807, 2.05) is 0 Å². The highest BCUT2D eigenvalue weighted by Gasteiger charge is 2.21. The molecule has 1 atom stereocenters. The molecule has 1 unspecified atom stereocenters. The van der Waals surface area contributed by atoms with E-state index in [2.05, 4.69) is 10.6 Å². The predicted molar refractivity (Wildman–Crippen MR) is 126 cm³/mol. The van der Waals surface area contributed by atoms with E-state index in [4.69, 9.17) is 11.6 Å². The third kappa shape index (κ3) is 6.62. The quantitative estimate of drug-likeness (QED) is 0.248. The summed E-state index contributed by atoms with van der Waals surface area (Å²) in [6, 6.07) is 15.7. The van der Waals surface area contributed by atoms with E-state index in [1.165, 1.54) is 0 Å². The molecule has 0 saturated carbocycles. The molecule has 176 valence electrons. The van der Waals surface area contributed by atoms with Crippen LogP contribution in [0.25, 0.3) is 11.1 Å². The number of hydrogen-bond acceptors (Lipinski definition) is 3. The van der Waals surface area contributed by atoms with Crippen LogP contribution < -0.4 is 10.6 Å². The van der Waals surface area contributed by atoms with Crippen molar-refractivity contribution in [1.82, 2.24) is 0 Å². The lowest BCUT2D eigenvalue weighted by Crippen LogP contribution is -2.20. The van der Waals surface area contributed by atoms with E-state index in [0.717, 1.165) is 23.3 Å². The number of ketones is 1. The van der Waals surface area contributed by atoms with Crippen molar-refractivity contribution in [3.63, 3.8) is 0 Å². The fourth-order valence-electron chi connectivity index (χ4n) is 3.26. The number of Topliss-reactive ketones (excluding diaryl/α,β-unsaturated/α-hetero) is 1. The van der Waals surface area contributed by atoms with Crippen molar-refractivity contribution in [1.29, 1.82) is 0 Å². The molecule has 0 saturated heterocycles. The molecule has 34 heavy (non-hydrogen) atoms. The molecule has 0 spiro atoms. The Kier molecular flexibility index (Phi) is 8.32. The Morgan fingerprint density at radius 2 is 1.50 bits per heavy atom. The molecule has 0 radical (unpaired) electrons. The number of alkyl halides is 1. The number of benzene rings is 3. The number of carbonyl (C=O) groups excluding carboxylic acids is 2. The molecule has 0 aliphatic rings. The van der Waals surface area contributed by atoms with Gasteiger partial charge in [0.25, 0.3) is 0 Å². The third-order valence-electron chi connectivity index (χ3n) is 5.10. The van der Waals surface area contributed by atoms with Gasteiger partial charge in [0, 0.05) is 29.6 Å². The van der Waals surface area contributed by atoms with Crippen LogP contribution in [-0.4, -0.2) is 28.8 Å². The van der Waals surface area contributed by atoms with Gasteiger partial charge in [-0.05, 0) is 41.8 Å². The molecule has 0 aromatic heterocycles. The van der Waals surface area contributed by atoms with Crippen LogP contribution in [0.4, 0.5) is 25.0 Å². The number of rotatable bonds is 9. The Labute approximate surface area is 199 Å². The summed E-state index contributed by atoms with van der Waals surface area (Å²) in [5, 5.41) is 14.1. The van der Waals surface area contributed by atoms with Gasteiger partial charge in [-0.2, -0.15) is 0 Å². The third-order valence-corrected chi connectivity index (χ3v) is 5.32. The summed E-state index contributed by atoms with van der Waals surface area (Å²) >= 11 is 5.62. The molecule has 3 aromatic rings. The van der Waals surface area contributed by atoms with Gasteiger partial charge in [0.05, 0.1) is 11.6 Å². The first-order chi connectivity index (χ1) is 16.3. The summed E-state index contributed by atoms with van der Waals surface area (Å²) in [7, 11) is 0. The number of carboxylic acid groups (broad SMARTS) is 1. The van der Waals surface area contributed by atoms with E-state index in [-0.39, 0.29) is 30.2 Å². The van der Waals surface area contributed by atoms with Gasteiger partial charge in [-0.1, -0.05) is 36.4 Å². The number of hydrogen-bond donors (Lipinski definition) is 3. The van der Waals surface area contributed by atoms with Crippen molar-refractivity contribution in [3.8, 4) is 11.1 Å². The number of aliphatic carboxylic acids is 1. The van der Waals surface area contributed by atoms with Crippen molar-refractivity contribution < 1.29 is 28.3 Å². The molecule has 0 aliphatic heterocycles. The molecule has 6 nitrogen and oxygen atoms in total. The normalized spacial score (nSPS) is 11.5. The molecular weight excluding hydrogens is 466 g/mol. The zero-order valence-electron chi connectivity index (χ0n) is 17.9. The maximum atomic E-state index is 13.7. The molecule has 3 aromatic carbocycles.